The maximum Gasteiger partial charge on any atom is 0.162 e. The lowest BCUT2D eigenvalue weighted by molar-refractivity contribution is 0.581. The van der Waals surface area contributed by atoms with Gasteiger partial charge in [0.2, 0.25) is 0 Å². The molecule has 0 heterocycles. The topological polar surface area (TPSA) is 23.8 Å². The number of halogens is 3. The molecular formula is C7H2ClF2N. The standard InChI is InChI=1S/C7H2ClF2N/c8-6-5(9)2-1-4(3-11)7(6)10/h1-2H. The third-order valence-corrected chi connectivity index (χ3v) is 1.50. The highest BCUT2D eigenvalue weighted by atomic mass is 35.5. The first-order valence-electron chi connectivity index (χ1n) is 2.70. The van der Waals surface area contributed by atoms with Gasteiger partial charge in [0.1, 0.15) is 16.9 Å². The first-order chi connectivity index (χ1) is 5.16. The van der Waals surface area contributed by atoms with Gasteiger partial charge in [0.25, 0.3) is 0 Å². The van der Waals surface area contributed by atoms with Gasteiger partial charge in [-0.3, -0.25) is 0 Å². The van der Waals surface area contributed by atoms with Gasteiger partial charge in [0.05, 0.1) is 5.56 Å². The Bertz CT molecular complexity index is 330. The van der Waals surface area contributed by atoms with Crippen LogP contribution >= 0.6 is 11.6 Å². The Morgan fingerprint density at radius 2 is 2.00 bits per heavy atom. The Morgan fingerprint density at radius 3 is 2.55 bits per heavy atom. The fraction of sp³-hybridized carbons (Fsp3) is 0. The molecule has 1 aromatic rings. The quantitative estimate of drug-likeness (QED) is 0.553. The monoisotopic (exact) mass is 173 g/mol. The minimum Gasteiger partial charge on any atom is -0.205 e. The van der Waals surface area contributed by atoms with Crippen molar-refractivity contribution >= 4 is 11.6 Å². The highest BCUT2D eigenvalue weighted by molar-refractivity contribution is 6.31. The van der Waals surface area contributed by atoms with Crippen LogP contribution in [-0.4, -0.2) is 0 Å². The summed E-state index contributed by atoms with van der Waals surface area (Å²) in [6, 6.07) is 3.52. The molecule has 0 fully saturated rings. The third-order valence-electron chi connectivity index (χ3n) is 1.16. The molecule has 1 aromatic carbocycles. The van der Waals surface area contributed by atoms with E-state index in [1.54, 1.807) is 0 Å². The van der Waals surface area contributed by atoms with Crippen molar-refractivity contribution < 1.29 is 8.78 Å². The molecule has 0 aliphatic heterocycles. The maximum atomic E-state index is 12.7. The van der Waals surface area contributed by atoms with Crippen molar-refractivity contribution in [2.24, 2.45) is 0 Å². The van der Waals surface area contributed by atoms with E-state index in [0.29, 0.717) is 0 Å². The number of rotatable bonds is 0. The van der Waals surface area contributed by atoms with Crippen LogP contribution in [0.15, 0.2) is 12.1 Å². The second-order valence-corrected chi connectivity index (χ2v) is 2.21. The van der Waals surface area contributed by atoms with E-state index < -0.39 is 16.7 Å². The first-order valence-corrected chi connectivity index (χ1v) is 3.08. The first kappa shape index (κ1) is 7.96. The summed E-state index contributed by atoms with van der Waals surface area (Å²) in [5, 5.41) is 7.63. The molecule has 1 nitrogen and oxygen atoms in total. The molecule has 0 atom stereocenters. The van der Waals surface area contributed by atoms with E-state index in [9.17, 15) is 8.78 Å². The number of nitriles is 1. The lowest BCUT2D eigenvalue weighted by Crippen LogP contribution is -1.87. The fourth-order valence-corrected chi connectivity index (χ4v) is 0.777. The Morgan fingerprint density at radius 1 is 1.36 bits per heavy atom. The van der Waals surface area contributed by atoms with Gasteiger partial charge in [0, 0.05) is 0 Å². The number of benzene rings is 1. The van der Waals surface area contributed by atoms with Gasteiger partial charge in [-0.05, 0) is 12.1 Å². The summed E-state index contributed by atoms with van der Waals surface area (Å²) in [4.78, 5) is 0. The zero-order chi connectivity index (χ0) is 8.43. The van der Waals surface area contributed by atoms with E-state index in [2.05, 4.69) is 0 Å². The molecule has 1 rings (SSSR count). The molecule has 0 aliphatic rings. The van der Waals surface area contributed by atoms with Gasteiger partial charge >= 0.3 is 0 Å². The smallest absolute Gasteiger partial charge is 0.162 e. The Hall–Kier alpha value is -1.14. The van der Waals surface area contributed by atoms with Crippen LogP contribution < -0.4 is 0 Å². The SMILES string of the molecule is N#Cc1ccc(F)c(Cl)c1F. The van der Waals surface area contributed by atoms with Crippen LogP contribution in [-0.2, 0) is 0 Å². The summed E-state index contributed by atoms with van der Waals surface area (Å²) in [7, 11) is 0. The van der Waals surface area contributed by atoms with Crippen molar-refractivity contribution in [1.82, 2.24) is 0 Å². The molecule has 11 heavy (non-hydrogen) atoms. The van der Waals surface area contributed by atoms with Gasteiger partial charge in [0.15, 0.2) is 5.82 Å². The van der Waals surface area contributed by atoms with E-state index in [1.807, 2.05) is 0 Å². The largest absolute Gasteiger partial charge is 0.205 e. The summed E-state index contributed by atoms with van der Waals surface area (Å²) >= 11 is 5.16. The van der Waals surface area contributed by atoms with Crippen molar-refractivity contribution in [3.05, 3.63) is 34.4 Å². The van der Waals surface area contributed by atoms with Crippen LogP contribution in [0.5, 0.6) is 0 Å². The summed E-state index contributed by atoms with van der Waals surface area (Å²) in [5.41, 5.74) is -0.253. The summed E-state index contributed by atoms with van der Waals surface area (Å²) in [5.74, 6) is -1.86. The second-order valence-electron chi connectivity index (χ2n) is 1.83. The van der Waals surface area contributed by atoms with Crippen LogP contribution in [0.1, 0.15) is 5.56 Å². The molecule has 0 unspecified atom stereocenters. The van der Waals surface area contributed by atoms with Crippen LogP contribution in [0.2, 0.25) is 5.02 Å². The molecule has 4 heteroatoms. The summed E-state index contributed by atoms with van der Waals surface area (Å²) < 4.78 is 25.1. The van der Waals surface area contributed by atoms with E-state index in [0.717, 1.165) is 12.1 Å². The van der Waals surface area contributed by atoms with Gasteiger partial charge < -0.3 is 0 Å². The van der Waals surface area contributed by atoms with Crippen LogP contribution in [0.3, 0.4) is 0 Å². The maximum absolute atomic E-state index is 12.7. The predicted molar refractivity (Wildman–Crippen MR) is 36.1 cm³/mol. The highest BCUT2D eigenvalue weighted by Crippen LogP contribution is 2.20. The van der Waals surface area contributed by atoms with Crippen molar-refractivity contribution in [2.75, 3.05) is 0 Å². The van der Waals surface area contributed by atoms with Crippen molar-refractivity contribution in [3.63, 3.8) is 0 Å². The molecule has 0 amide bonds. The van der Waals surface area contributed by atoms with E-state index in [1.165, 1.54) is 6.07 Å². The molecule has 0 aromatic heterocycles. The third kappa shape index (κ3) is 1.31. The average Bonchev–Trinajstić information content (AvgIpc) is 2.01. The van der Waals surface area contributed by atoms with Crippen molar-refractivity contribution in [3.8, 4) is 6.07 Å². The Balaban J connectivity index is 3.40. The zero-order valence-corrected chi connectivity index (χ0v) is 5.99. The van der Waals surface area contributed by atoms with E-state index >= 15 is 0 Å². The zero-order valence-electron chi connectivity index (χ0n) is 5.24. The van der Waals surface area contributed by atoms with E-state index in [-0.39, 0.29) is 5.56 Å². The molecular weight excluding hydrogens is 172 g/mol. The predicted octanol–water partition coefficient (Wildman–Crippen LogP) is 2.49. The normalized spacial score (nSPS) is 9.27. The number of hydrogen-bond donors (Lipinski definition) is 0. The van der Waals surface area contributed by atoms with Crippen LogP contribution in [0.25, 0.3) is 0 Å². The lowest BCUT2D eigenvalue weighted by atomic mass is 10.2. The molecule has 56 valence electrons. The molecule has 0 spiro atoms. The van der Waals surface area contributed by atoms with Gasteiger partial charge in [-0.15, -0.1) is 0 Å². The second kappa shape index (κ2) is 2.85. The molecule has 0 saturated carbocycles. The van der Waals surface area contributed by atoms with Crippen molar-refractivity contribution in [1.29, 1.82) is 5.26 Å². The molecule has 0 N–H and O–H groups in total. The summed E-state index contributed by atoms with van der Waals surface area (Å²) in [6.45, 7) is 0. The van der Waals surface area contributed by atoms with Gasteiger partial charge in [-0.2, -0.15) is 5.26 Å². The van der Waals surface area contributed by atoms with Crippen LogP contribution in [0, 0.1) is 23.0 Å². The Kier molecular flexibility index (Phi) is 2.06. The van der Waals surface area contributed by atoms with Gasteiger partial charge in [-0.1, -0.05) is 11.6 Å². The van der Waals surface area contributed by atoms with Gasteiger partial charge in [-0.25, -0.2) is 8.78 Å². The minimum atomic E-state index is -1.01. The fourth-order valence-electron chi connectivity index (χ4n) is 0.612. The number of hydrogen-bond acceptors (Lipinski definition) is 1. The summed E-state index contributed by atoms with van der Waals surface area (Å²) in [6.07, 6.45) is 0. The highest BCUT2D eigenvalue weighted by Gasteiger charge is 2.10. The molecule has 0 radical (unpaired) electrons. The molecule has 0 bridgehead atoms. The Labute approximate surface area is 66.8 Å². The van der Waals surface area contributed by atoms with Crippen LogP contribution in [0.4, 0.5) is 8.78 Å². The number of nitrogens with zero attached hydrogens (tertiary/aromatic N) is 1. The molecule has 0 saturated heterocycles. The lowest BCUT2D eigenvalue weighted by Gasteiger charge is -1.95. The van der Waals surface area contributed by atoms with E-state index in [4.69, 9.17) is 16.9 Å². The minimum absolute atomic E-state index is 0.253. The van der Waals surface area contributed by atoms with Crippen molar-refractivity contribution in [2.45, 2.75) is 0 Å². The average molecular weight is 174 g/mol. The molecule has 0 aliphatic carbocycles.